The molecule has 79 heavy (non-hydrogen) atoms. The molecule has 0 aromatic carbocycles. The van der Waals surface area contributed by atoms with Crippen LogP contribution in [0, 0.1) is 0 Å². The lowest BCUT2D eigenvalue weighted by molar-refractivity contribution is -0.870. The summed E-state index contributed by atoms with van der Waals surface area (Å²) in [6.45, 7) is 4.48. The second-order valence-corrected chi connectivity index (χ2v) is 21.2. The molecule has 0 heterocycles. The predicted molar refractivity (Wildman–Crippen MR) is 333 cm³/mol. The lowest BCUT2D eigenvalue weighted by Gasteiger charge is -2.26. The Bertz CT molecular complexity index is 1800. The maximum Gasteiger partial charge on any atom is 0.306 e. The van der Waals surface area contributed by atoms with Crippen molar-refractivity contribution in [3.8, 4) is 0 Å². The van der Waals surface area contributed by atoms with Gasteiger partial charge in [0.05, 0.1) is 40.3 Å². The number of unbranched alkanes of at least 4 members (excludes halogenated alkanes) is 16. The number of ether oxygens (including phenoxy) is 4. The zero-order chi connectivity index (χ0) is 57.6. The van der Waals surface area contributed by atoms with Gasteiger partial charge in [0.2, 0.25) is 0 Å². The quantitative estimate of drug-likeness (QED) is 0.0195. The third-order valence-electron chi connectivity index (χ3n) is 12.6. The van der Waals surface area contributed by atoms with Crippen LogP contribution in [0.25, 0.3) is 0 Å². The van der Waals surface area contributed by atoms with Crippen molar-refractivity contribution in [3.63, 3.8) is 0 Å². The molecule has 0 N–H and O–H groups in total. The number of allylic oxidation sites excluding steroid dienone is 24. The molecule has 0 amide bonds. The standard InChI is InChI=1S/C70H113NO8/c1-6-8-10-12-14-16-18-20-22-24-26-28-30-31-32-33-34-35-36-37-39-41-43-45-47-49-51-53-55-57-59-61-68(73)79-66(65-78-70(69(74)75)76-63-62-71(3,4)5)64-77-67(72)60-58-56-54-52-50-48-46-44-42-40-38-29-27-25-23-21-19-17-15-13-11-9-7-2/h8-11,14-17,20-23,26-29,31-32,34-35,37,39,43,45,66,70H,6-7,12-13,18-19,24-25,30,33,36,38,40-42,44,46-65H2,1-5H3/b10-8-,11-9-,16-14-,17-15-,22-20-,23-21-,28-26-,29-27-,32-31-,35-34-,39-37-,45-43-. The van der Waals surface area contributed by atoms with Gasteiger partial charge in [-0.25, -0.2) is 0 Å². The van der Waals surface area contributed by atoms with Gasteiger partial charge in [-0.3, -0.25) is 9.59 Å². The summed E-state index contributed by atoms with van der Waals surface area (Å²) in [7, 11) is 5.91. The monoisotopic (exact) mass is 1100 g/mol. The lowest BCUT2D eigenvalue weighted by Crippen LogP contribution is -2.44. The fourth-order valence-electron chi connectivity index (χ4n) is 7.90. The highest BCUT2D eigenvalue weighted by molar-refractivity contribution is 5.70. The summed E-state index contributed by atoms with van der Waals surface area (Å²) in [6, 6.07) is 0. The van der Waals surface area contributed by atoms with Crippen LogP contribution in [-0.4, -0.2) is 82.3 Å². The van der Waals surface area contributed by atoms with Crippen LogP contribution in [0.5, 0.6) is 0 Å². The normalized spacial score (nSPS) is 13.8. The van der Waals surface area contributed by atoms with E-state index in [4.69, 9.17) is 18.9 Å². The largest absolute Gasteiger partial charge is 0.545 e. The Morgan fingerprint density at radius 2 is 0.684 bits per heavy atom. The maximum atomic E-state index is 12.9. The van der Waals surface area contributed by atoms with Crippen molar-refractivity contribution in [2.24, 2.45) is 0 Å². The number of esters is 2. The highest BCUT2D eigenvalue weighted by Gasteiger charge is 2.22. The summed E-state index contributed by atoms with van der Waals surface area (Å²) in [5.74, 6) is -2.32. The molecule has 0 spiro atoms. The number of likely N-dealkylation sites (N-methyl/N-ethyl adjacent to an activating group) is 1. The first-order valence-corrected chi connectivity index (χ1v) is 31.0. The molecular weight excluding hydrogens is 983 g/mol. The highest BCUT2D eigenvalue weighted by atomic mass is 16.7. The Morgan fingerprint density at radius 1 is 0.380 bits per heavy atom. The third-order valence-corrected chi connectivity index (χ3v) is 12.6. The van der Waals surface area contributed by atoms with E-state index in [0.29, 0.717) is 17.4 Å². The minimum absolute atomic E-state index is 0.135. The fourth-order valence-corrected chi connectivity index (χ4v) is 7.90. The SMILES string of the molecule is CC/C=C\C/C=C\C/C=C\C/C=C\C/C=C\C/C=C\C/C=C\C/C=C\CCCCCCCCC(=O)OC(COC(=O)CCCCCCCCCCCC/C=C\C/C=C\C/C=C\C/C=C\CC)COC(OCC[N+](C)(C)C)C(=O)[O-]. The van der Waals surface area contributed by atoms with Crippen molar-refractivity contribution < 1.29 is 42.9 Å². The van der Waals surface area contributed by atoms with Crippen LogP contribution in [0.2, 0.25) is 0 Å². The Morgan fingerprint density at radius 3 is 1.01 bits per heavy atom. The smallest absolute Gasteiger partial charge is 0.306 e. The highest BCUT2D eigenvalue weighted by Crippen LogP contribution is 2.15. The van der Waals surface area contributed by atoms with E-state index in [1.807, 2.05) is 21.1 Å². The van der Waals surface area contributed by atoms with Gasteiger partial charge in [-0.15, -0.1) is 0 Å². The Hall–Kier alpha value is -4.83. The van der Waals surface area contributed by atoms with Crippen LogP contribution >= 0.6 is 0 Å². The van der Waals surface area contributed by atoms with Crippen molar-refractivity contribution in [2.45, 2.75) is 232 Å². The molecule has 0 fully saturated rings. The summed E-state index contributed by atoms with van der Waals surface area (Å²) in [6.07, 6.45) is 83.2. The molecule has 0 saturated carbocycles. The molecule has 0 aliphatic carbocycles. The molecule has 2 atom stereocenters. The number of quaternary nitrogens is 1. The van der Waals surface area contributed by atoms with Gasteiger partial charge in [-0.2, -0.15) is 0 Å². The van der Waals surface area contributed by atoms with Crippen molar-refractivity contribution in [3.05, 3.63) is 146 Å². The van der Waals surface area contributed by atoms with E-state index in [1.165, 1.54) is 38.5 Å². The first-order chi connectivity index (χ1) is 38.6. The van der Waals surface area contributed by atoms with Gasteiger partial charge < -0.3 is 33.3 Å². The molecule has 446 valence electrons. The number of carbonyl (C=O) groups excluding carboxylic acids is 3. The van der Waals surface area contributed by atoms with Crippen molar-refractivity contribution in [2.75, 3.05) is 47.5 Å². The molecule has 9 heteroatoms. The molecule has 2 unspecified atom stereocenters. The fraction of sp³-hybridized carbons (Fsp3) is 0.614. The molecule has 0 aliphatic heterocycles. The van der Waals surface area contributed by atoms with Crippen molar-refractivity contribution in [1.29, 1.82) is 0 Å². The molecule has 0 aliphatic rings. The van der Waals surface area contributed by atoms with E-state index < -0.39 is 24.3 Å². The van der Waals surface area contributed by atoms with Crippen molar-refractivity contribution in [1.82, 2.24) is 0 Å². The zero-order valence-electron chi connectivity index (χ0n) is 50.7. The molecule has 0 aromatic heterocycles. The molecule has 9 nitrogen and oxygen atoms in total. The van der Waals surface area contributed by atoms with Gasteiger partial charge in [0.15, 0.2) is 12.4 Å². The number of carboxylic acids is 1. The number of hydrogen-bond donors (Lipinski definition) is 0. The molecule has 0 aromatic rings. The van der Waals surface area contributed by atoms with Crippen LogP contribution in [0.3, 0.4) is 0 Å². The molecule has 0 rings (SSSR count). The summed E-state index contributed by atoms with van der Waals surface area (Å²) in [4.78, 5) is 37.4. The van der Waals surface area contributed by atoms with Gasteiger partial charge in [-0.05, 0) is 116 Å². The Balaban J connectivity index is 4.30. The third kappa shape index (κ3) is 60.7. The summed E-state index contributed by atoms with van der Waals surface area (Å²) < 4.78 is 22.7. The molecule has 0 bridgehead atoms. The van der Waals surface area contributed by atoms with E-state index in [-0.39, 0.29) is 38.6 Å². The number of carbonyl (C=O) groups is 3. The van der Waals surface area contributed by atoms with E-state index in [9.17, 15) is 19.5 Å². The molecule has 0 saturated heterocycles. The number of carboxylic acid groups (broad SMARTS) is 1. The van der Waals surface area contributed by atoms with Crippen LogP contribution < -0.4 is 5.11 Å². The van der Waals surface area contributed by atoms with Crippen molar-refractivity contribution >= 4 is 17.9 Å². The minimum atomic E-state index is -1.64. The number of aliphatic carboxylic acids is 1. The van der Waals surface area contributed by atoms with Gasteiger partial charge in [0.25, 0.3) is 0 Å². The molecular formula is C70H113NO8. The van der Waals surface area contributed by atoms with Crippen LogP contribution in [0.15, 0.2) is 146 Å². The summed E-state index contributed by atoms with van der Waals surface area (Å²) in [5, 5.41) is 11.8. The number of hydrogen-bond acceptors (Lipinski definition) is 8. The first kappa shape index (κ1) is 74.2. The van der Waals surface area contributed by atoms with Gasteiger partial charge in [0, 0.05) is 12.8 Å². The van der Waals surface area contributed by atoms with Crippen LogP contribution in [0.4, 0.5) is 0 Å². The molecule has 0 radical (unpaired) electrons. The first-order valence-electron chi connectivity index (χ1n) is 31.0. The van der Waals surface area contributed by atoms with E-state index >= 15 is 0 Å². The summed E-state index contributed by atoms with van der Waals surface area (Å²) in [5.41, 5.74) is 0. The van der Waals surface area contributed by atoms with Gasteiger partial charge in [0.1, 0.15) is 13.2 Å². The van der Waals surface area contributed by atoms with Gasteiger partial charge >= 0.3 is 11.9 Å². The Labute approximate surface area is 483 Å². The van der Waals surface area contributed by atoms with E-state index in [1.54, 1.807) is 0 Å². The lowest BCUT2D eigenvalue weighted by atomic mass is 10.1. The van der Waals surface area contributed by atoms with Gasteiger partial charge in [-0.1, -0.05) is 237 Å². The van der Waals surface area contributed by atoms with Crippen LogP contribution in [0.1, 0.15) is 219 Å². The van der Waals surface area contributed by atoms with E-state index in [0.717, 1.165) is 148 Å². The topological polar surface area (TPSA) is 111 Å². The predicted octanol–water partition coefficient (Wildman–Crippen LogP) is 17.5. The second-order valence-electron chi connectivity index (χ2n) is 21.2. The minimum Gasteiger partial charge on any atom is -0.545 e. The average molecular weight is 1100 g/mol. The van der Waals surface area contributed by atoms with E-state index in [2.05, 4.69) is 160 Å². The van der Waals surface area contributed by atoms with Crippen LogP contribution in [-0.2, 0) is 33.3 Å². The zero-order valence-corrected chi connectivity index (χ0v) is 50.7. The number of rotatable bonds is 55. The number of nitrogens with zero attached hydrogens (tertiary/aromatic N) is 1. The summed E-state index contributed by atoms with van der Waals surface area (Å²) >= 11 is 0. The Kier molecular flexibility index (Phi) is 55.7. The second kappa shape index (κ2) is 59.3. The average Bonchev–Trinajstić information content (AvgIpc) is 3.42. The maximum absolute atomic E-state index is 12.9.